The highest BCUT2D eigenvalue weighted by molar-refractivity contribution is 9.10. The molecule has 1 aliphatic heterocycles. The topological polar surface area (TPSA) is 18.5 Å². The van der Waals surface area contributed by atoms with Crippen LogP contribution in [0.1, 0.15) is 50.0 Å². The highest BCUT2D eigenvalue weighted by atomic mass is 79.9. The van der Waals surface area contributed by atoms with E-state index in [9.17, 15) is 0 Å². The first-order valence-electron chi connectivity index (χ1n) is 7.39. The van der Waals surface area contributed by atoms with Crippen molar-refractivity contribution in [2.45, 2.75) is 44.4 Å². The van der Waals surface area contributed by atoms with Crippen LogP contribution in [-0.4, -0.2) is 13.2 Å². The van der Waals surface area contributed by atoms with Gasteiger partial charge in [0.1, 0.15) is 13.2 Å². The summed E-state index contributed by atoms with van der Waals surface area (Å²) in [5.41, 5.74) is 1.37. The second kappa shape index (κ2) is 5.76. The molecule has 110 valence electrons. The predicted molar refractivity (Wildman–Crippen MR) is 84.9 cm³/mol. The molecule has 0 N–H and O–H groups in total. The maximum Gasteiger partial charge on any atom is 0.162 e. The normalized spacial score (nSPS) is 21.8. The summed E-state index contributed by atoms with van der Waals surface area (Å²) in [5.74, 6) is 1.64. The van der Waals surface area contributed by atoms with Gasteiger partial charge in [0.25, 0.3) is 0 Å². The molecule has 0 spiro atoms. The van der Waals surface area contributed by atoms with Crippen LogP contribution in [-0.2, 0) is 0 Å². The monoisotopic (exact) mass is 358 g/mol. The van der Waals surface area contributed by atoms with Crippen molar-refractivity contribution < 1.29 is 9.47 Å². The zero-order chi connectivity index (χ0) is 14.2. The fourth-order valence-electron chi connectivity index (χ4n) is 3.47. The van der Waals surface area contributed by atoms with Gasteiger partial charge in [0, 0.05) is 4.47 Å². The van der Waals surface area contributed by atoms with E-state index in [1.54, 1.807) is 0 Å². The molecule has 2 nitrogen and oxygen atoms in total. The number of fused-ring (bicyclic) bond motifs is 1. The number of benzene rings is 1. The van der Waals surface area contributed by atoms with E-state index in [0.29, 0.717) is 13.2 Å². The van der Waals surface area contributed by atoms with E-state index in [2.05, 4.69) is 28.9 Å². The molecule has 1 fully saturated rings. The van der Waals surface area contributed by atoms with Crippen LogP contribution in [0.25, 0.3) is 0 Å². The Labute approximate surface area is 133 Å². The molecule has 20 heavy (non-hydrogen) atoms. The van der Waals surface area contributed by atoms with E-state index in [1.165, 1.54) is 25.7 Å². The fraction of sp³-hybridized carbons (Fsp3) is 0.625. The first-order valence-corrected chi connectivity index (χ1v) is 8.62. The van der Waals surface area contributed by atoms with Gasteiger partial charge in [-0.2, -0.15) is 0 Å². The molecule has 1 unspecified atom stereocenters. The molecule has 1 aromatic carbocycles. The molecular weight excluding hydrogens is 340 g/mol. The number of ether oxygens (including phenoxy) is 2. The van der Waals surface area contributed by atoms with E-state index < -0.39 is 0 Å². The van der Waals surface area contributed by atoms with E-state index >= 15 is 0 Å². The molecule has 0 radical (unpaired) electrons. The number of halogens is 2. The Hall–Kier alpha value is -0.410. The zero-order valence-corrected chi connectivity index (χ0v) is 14.1. The van der Waals surface area contributed by atoms with Crippen molar-refractivity contribution in [2.24, 2.45) is 5.41 Å². The van der Waals surface area contributed by atoms with Crippen LogP contribution in [0.2, 0.25) is 0 Å². The highest BCUT2D eigenvalue weighted by Crippen LogP contribution is 2.55. The molecule has 1 saturated carbocycles. The molecule has 4 heteroatoms. The predicted octanol–water partition coefficient (Wildman–Crippen LogP) is 5.47. The molecule has 1 heterocycles. The SMILES string of the molecule is CCC1(C(Cl)c2cc3c(cc2Br)OCCO3)CCCC1. The average Bonchev–Trinajstić information content (AvgIpc) is 2.96. The standard InChI is InChI=1S/C16H20BrClO2/c1-2-16(5-3-4-6-16)15(18)11-9-13-14(10-12(11)17)20-8-7-19-13/h9-10,15H,2-8H2,1H3. The van der Waals surface area contributed by atoms with Crippen LogP contribution < -0.4 is 9.47 Å². The lowest BCUT2D eigenvalue weighted by atomic mass is 9.77. The second-order valence-electron chi connectivity index (χ2n) is 5.80. The Kier molecular flexibility index (Phi) is 4.19. The van der Waals surface area contributed by atoms with Crippen LogP contribution in [0.4, 0.5) is 0 Å². The fourth-order valence-corrected chi connectivity index (χ4v) is 4.71. The third-order valence-corrected chi connectivity index (χ3v) is 6.16. The lowest BCUT2D eigenvalue weighted by Gasteiger charge is -2.34. The van der Waals surface area contributed by atoms with Gasteiger partial charge < -0.3 is 9.47 Å². The van der Waals surface area contributed by atoms with Crippen molar-refractivity contribution in [1.29, 1.82) is 0 Å². The van der Waals surface area contributed by atoms with Gasteiger partial charge in [0.2, 0.25) is 0 Å². The molecule has 1 aromatic rings. The van der Waals surface area contributed by atoms with Crippen molar-refractivity contribution in [1.82, 2.24) is 0 Å². The van der Waals surface area contributed by atoms with Gasteiger partial charge in [-0.3, -0.25) is 0 Å². The van der Waals surface area contributed by atoms with Gasteiger partial charge >= 0.3 is 0 Å². The highest BCUT2D eigenvalue weighted by Gasteiger charge is 2.40. The van der Waals surface area contributed by atoms with Crippen molar-refractivity contribution in [3.63, 3.8) is 0 Å². The van der Waals surface area contributed by atoms with E-state index in [4.69, 9.17) is 21.1 Å². The van der Waals surface area contributed by atoms with Crippen LogP contribution in [0.15, 0.2) is 16.6 Å². The van der Waals surface area contributed by atoms with Gasteiger partial charge in [-0.05, 0) is 42.4 Å². The van der Waals surface area contributed by atoms with Crippen LogP contribution >= 0.6 is 27.5 Å². The largest absolute Gasteiger partial charge is 0.486 e. The Bertz CT molecular complexity index is 497. The number of hydrogen-bond acceptors (Lipinski definition) is 2. The summed E-state index contributed by atoms with van der Waals surface area (Å²) < 4.78 is 12.3. The molecule has 0 bridgehead atoms. The van der Waals surface area contributed by atoms with Crippen LogP contribution in [0.5, 0.6) is 11.5 Å². The maximum absolute atomic E-state index is 6.89. The van der Waals surface area contributed by atoms with Gasteiger partial charge in [0.15, 0.2) is 11.5 Å². The summed E-state index contributed by atoms with van der Waals surface area (Å²) in [5, 5.41) is 0.0280. The van der Waals surface area contributed by atoms with Gasteiger partial charge in [-0.15, -0.1) is 11.6 Å². The first kappa shape index (κ1) is 14.5. The molecule has 2 aliphatic rings. The number of hydrogen-bond donors (Lipinski definition) is 0. The lowest BCUT2D eigenvalue weighted by Crippen LogP contribution is -2.22. The zero-order valence-electron chi connectivity index (χ0n) is 11.8. The molecule has 3 rings (SSSR count). The van der Waals surface area contributed by atoms with E-state index in [-0.39, 0.29) is 10.8 Å². The van der Waals surface area contributed by atoms with Crippen molar-refractivity contribution in [3.05, 3.63) is 22.2 Å². The third-order valence-electron chi connectivity index (χ3n) is 4.78. The first-order chi connectivity index (χ1) is 9.66. The molecule has 0 aromatic heterocycles. The minimum absolute atomic E-state index is 0.0280. The molecule has 0 amide bonds. The molecular formula is C16H20BrClO2. The van der Waals surface area contributed by atoms with Crippen molar-refractivity contribution in [3.8, 4) is 11.5 Å². The third kappa shape index (κ3) is 2.43. The van der Waals surface area contributed by atoms with Gasteiger partial charge in [-0.25, -0.2) is 0 Å². The van der Waals surface area contributed by atoms with E-state index in [0.717, 1.165) is 28.0 Å². The molecule has 0 saturated heterocycles. The summed E-state index contributed by atoms with van der Waals surface area (Å²) in [4.78, 5) is 0. The van der Waals surface area contributed by atoms with Gasteiger partial charge in [0.05, 0.1) is 5.38 Å². The summed E-state index contributed by atoms with van der Waals surface area (Å²) in [6.07, 6.45) is 6.15. The molecule has 1 aliphatic carbocycles. The Morgan fingerprint density at radius 1 is 1.20 bits per heavy atom. The Balaban J connectivity index is 1.96. The minimum Gasteiger partial charge on any atom is -0.486 e. The summed E-state index contributed by atoms with van der Waals surface area (Å²) >= 11 is 10.5. The summed E-state index contributed by atoms with van der Waals surface area (Å²) in [7, 11) is 0. The quantitative estimate of drug-likeness (QED) is 0.666. The average molecular weight is 360 g/mol. The smallest absolute Gasteiger partial charge is 0.162 e. The van der Waals surface area contributed by atoms with Crippen LogP contribution in [0, 0.1) is 5.41 Å². The molecule has 1 atom stereocenters. The Morgan fingerprint density at radius 2 is 1.80 bits per heavy atom. The lowest BCUT2D eigenvalue weighted by molar-refractivity contribution is 0.171. The maximum atomic E-state index is 6.89. The van der Waals surface area contributed by atoms with Gasteiger partial charge in [-0.1, -0.05) is 35.7 Å². The number of alkyl halides is 1. The second-order valence-corrected chi connectivity index (χ2v) is 7.09. The number of rotatable bonds is 3. The van der Waals surface area contributed by atoms with Crippen LogP contribution in [0.3, 0.4) is 0 Å². The van der Waals surface area contributed by atoms with Crippen molar-refractivity contribution in [2.75, 3.05) is 13.2 Å². The van der Waals surface area contributed by atoms with Crippen molar-refractivity contribution >= 4 is 27.5 Å². The minimum atomic E-state index is 0.0280. The summed E-state index contributed by atoms with van der Waals surface area (Å²) in [6, 6.07) is 4.06. The summed E-state index contributed by atoms with van der Waals surface area (Å²) in [6.45, 7) is 3.48. The Morgan fingerprint density at radius 3 is 2.40 bits per heavy atom. The van der Waals surface area contributed by atoms with E-state index in [1.807, 2.05) is 6.07 Å².